The summed E-state index contributed by atoms with van der Waals surface area (Å²) < 4.78 is 5.38. The lowest BCUT2D eigenvalue weighted by molar-refractivity contribution is 0.374. The number of nitriles is 1. The van der Waals surface area contributed by atoms with Crippen LogP contribution in [0.2, 0.25) is 0 Å². The molecule has 2 rings (SSSR count). The van der Waals surface area contributed by atoms with Gasteiger partial charge in [-0.15, -0.1) is 0 Å². The summed E-state index contributed by atoms with van der Waals surface area (Å²) >= 11 is 0. The van der Waals surface area contributed by atoms with Crippen molar-refractivity contribution in [2.75, 3.05) is 7.11 Å². The minimum absolute atomic E-state index is 0.341. The highest BCUT2D eigenvalue weighted by molar-refractivity contribution is 5.45. The molecule has 2 nitrogen and oxygen atoms in total. The van der Waals surface area contributed by atoms with Crippen LogP contribution in [0, 0.1) is 17.2 Å². The van der Waals surface area contributed by atoms with Crippen molar-refractivity contribution in [3.05, 3.63) is 29.8 Å². The fraction of sp³-hybridized carbons (Fsp3) is 0.500. The number of para-hydroxylation sites is 1. The number of methoxy groups -OCH3 is 1. The molecule has 84 valence electrons. The molecule has 1 aromatic rings. The van der Waals surface area contributed by atoms with E-state index in [4.69, 9.17) is 4.74 Å². The molecule has 1 aromatic carbocycles. The third kappa shape index (κ3) is 1.48. The quantitative estimate of drug-likeness (QED) is 0.758. The number of nitrogens with zero attached hydrogens (tertiary/aromatic N) is 1. The lowest BCUT2D eigenvalue weighted by Crippen LogP contribution is -2.27. The fourth-order valence-corrected chi connectivity index (χ4v) is 2.82. The third-order valence-electron chi connectivity index (χ3n) is 3.84. The molecule has 0 saturated heterocycles. The third-order valence-corrected chi connectivity index (χ3v) is 3.84. The molecule has 1 fully saturated rings. The van der Waals surface area contributed by atoms with Crippen LogP contribution in [0.3, 0.4) is 0 Å². The van der Waals surface area contributed by atoms with Gasteiger partial charge in [0.25, 0.3) is 0 Å². The van der Waals surface area contributed by atoms with Crippen molar-refractivity contribution in [3.8, 4) is 11.8 Å². The smallest absolute Gasteiger partial charge is 0.123 e. The molecule has 0 amide bonds. The first kappa shape index (κ1) is 11.0. The van der Waals surface area contributed by atoms with Crippen molar-refractivity contribution in [2.24, 2.45) is 5.92 Å². The first-order valence-corrected chi connectivity index (χ1v) is 5.79. The van der Waals surface area contributed by atoms with E-state index in [-0.39, 0.29) is 5.41 Å². The molecule has 2 unspecified atom stereocenters. The molecule has 0 heterocycles. The zero-order chi connectivity index (χ0) is 11.6. The van der Waals surface area contributed by atoms with Crippen LogP contribution >= 0.6 is 0 Å². The van der Waals surface area contributed by atoms with Gasteiger partial charge in [0, 0.05) is 5.56 Å². The van der Waals surface area contributed by atoms with Crippen LogP contribution in [0.25, 0.3) is 0 Å². The largest absolute Gasteiger partial charge is 0.496 e. The van der Waals surface area contributed by atoms with E-state index >= 15 is 0 Å². The van der Waals surface area contributed by atoms with Gasteiger partial charge in [0.05, 0.1) is 18.6 Å². The van der Waals surface area contributed by atoms with Gasteiger partial charge in [0.15, 0.2) is 0 Å². The van der Waals surface area contributed by atoms with Gasteiger partial charge in [-0.3, -0.25) is 0 Å². The van der Waals surface area contributed by atoms with E-state index in [2.05, 4.69) is 13.0 Å². The number of hydrogen-bond acceptors (Lipinski definition) is 2. The maximum absolute atomic E-state index is 9.55. The minimum atomic E-state index is -0.341. The molecule has 0 spiro atoms. The molecule has 0 aliphatic heterocycles. The zero-order valence-electron chi connectivity index (χ0n) is 9.86. The van der Waals surface area contributed by atoms with Crippen molar-refractivity contribution in [2.45, 2.75) is 31.6 Å². The molecule has 1 aliphatic rings. The van der Waals surface area contributed by atoms with Gasteiger partial charge in [-0.2, -0.15) is 5.26 Å². The summed E-state index contributed by atoms with van der Waals surface area (Å²) in [5.41, 5.74) is 0.720. The van der Waals surface area contributed by atoms with E-state index < -0.39 is 0 Å². The van der Waals surface area contributed by atoms with Crippen LogP contribution in [0.4, 0.5) is 0 Å². The van der Waals surface area contributed by atoms with Gasteiger partial charge in [0.2, 0.25) is 0 Å². The normalized spacial score (nSPS) is 28.7. The van der Waals surface area contributed by atoms with E-state index in [1.165, 1.54) is 0 Å². The van der Waals surface area contributed by atoms with Gasteiger partial charge in [0.1, 0.15) is 5.75 Å². The van der Waals surface area contributed by atoms with E-state index in [0.717, 1.165) is 30.6 Å². The molecule has 0 aromatic heterocycles. The van der Waals surface area contributed by atoms with Crippen LogP contribution in [0.5, 0.6) is 5.75 Å². The van der Waals surface area contributed by atoms with E-state index in [0.29, 0.717) is 5.92 Å². The molecule has 1 aliphatic carbocycles. The van der Waals surface area contributed by atoms with Gasteiger partial charge < -0.3 is 4.74 Å². The second-order valence-electron chi connectivity index (χ2n) is 4.58. The summed E-state index contributed by atoms with van der Waals surface area (Å²) in [5.74, 6) is 1.26. The van der Waals surface area contributed by atoms with Crippen molar-refractivity contribution < 1.29 is 4.74 Å². The van der Waals surface area contributed by atoms with Crippen LogP contribution in [0.1, 0.15) is 31.7 Å². The maximum atomic E-state index is 9.55. The Morgan fingerprint density at radius 2 is 2.19 bits per heavy atom. The molecule has 0 N–H and O–H groups in total. The molecule has 1 saturated carbocycles. The minimum Gasteiger partial charge on any atom is -0.496 e. The predicted octanol–water partition coefficient (Wildman–Crippen LogP) is 3.28. The number of rotatable bonds is 2. The standard InChI is InChI=1S/C14H17NO/c1-11-6-5-9-14(11,10-15)12-7-3-4-8-13(12)16-2/h3-4,7-8,11H,5-6,9H2,1-2H3. The lowest BCUT2D eigenvalue weighted by Gasteiger charge is -2.28. The summed E-state index contributed by atoms with van der Waals surface area (Å²) in [5, 5.41) is 9.55. The van der Waals surface area contributed by atoms with Crippen molar-refractivity contribution >= 4 is 0 Å². The van der Waals surface area contributed by atoms with Crippen molar-refractivity contribution in [3.63, 3.8) is 0 Å². The first-order chi connectivity index (χ1) is 7.74. The number of hydrogen-bond donors (Lipinski definition) is 0. The van der Waals surface area contributed by atoms with Gasteiger partial charge >= 0.3 is 0 Å². The molecule has 16 heavy (non-hydrogen) atoms. The summed E-state index contributed by atoms with van der Waals surface area (Å²) in [6.07, 6.45) is 3.21. The Bertz CT molecular complexity index is 421. The monoisotopic (exact) mass is 215 g/mol. The summed E-state index contributed by atoms with van der Waals surface area (Å²) in [7, 11) is 1.67. The highest BCUT2D eigenvalue weighted by atomic mass is 16.5. The van der Waals surface area contributed by atoms with Gasteiger partial charge in [-0.1, -0.05) is 31.5 Å². The molecular formula is C14H17NO. The summed E-state index contributed by atoms with van der Waals surface area (Å²) in [6, 6.07) is 10.5. The Morgan fingerprint density at radius 1 is 1.44 bits per heavy atom. The average molecular weight is 215 g/mol. The van der Waals surface area contributed by atoms with Crippen LogP contribution < -0.4 is 4.74 Å². The zero-order valence-corrected chi connectivity index (χ0v) is 9.86. The van der Waals surface area contributed by atoms with Crippen LogP contribution in [-0.4, -0.2) is 7.11 Å². The Kier molecular flexibility index (Phi) is 2.87. The van der Waals surface area contributed by atoms with E-state index in [1.807, 2.05) is 24.3 Å². The molecule has 2 heteroatoms. The topological polar surface area (TPSA) is 33.0 Å². The first-order valence-electron chi connectivity index (χ1n) is 5.79. The van der Waals surface area contributed by atoms with E-state index in [1.54, 1.807) is 7.11 Å². The maximum Gasteiger partial charge on any atom is 0.123 e. The summed E-state index contributed by atoms with van der Waals surface area (Å²) in [6.45, 7) is 2.17. The molecule has 2 atom stereocenters. The van der Waals surface area contributed by atoms with Crippen molar-refractivity contribution in [1.82, 2.24) is 0 Å². The van der Waals surface area contributed by atoms with Crippen LogP contribution in [-0.2, 0) is 5.41 Å². The highest BCUT2D eigenvalue weighted by Crippen LogP contribution is 2.47. The Balaban J connectivity index is 2.53. The fourth-order valence-electron chi connectivity index (χ4n) is 2.82. The second-order valence-corrected chi connectivity index (χ2v) is 4.58. The number of ether oxygens (including phenoxy) is 1. The Morgan fingerprint density at radius 3 is 2.75 bits per heavy atom. The van der Waals surface area contributed by atoms with Crippen LogP contribution in [0.15, 0.2) is 24.3 Å². The van der Waals surface area contributed by atoms with Gasteiger partial charge in [-0.25, -0.2) is 0 Å². The summed E-state index contributed by atoms with van der Waals surface area (Å²) in [4.78, 5) is 0. The Hall–Kier alpha value is -1.49. The van der Waals surface area contributed by atoms with Crippen molar-refractivity contribution in [1.29, 1.82) is 5.26 Å². The highest BCUT2D eigenvalue weighted by Gasteiger charge is 2.43. The number of benzene rings is 1. The molecule has 0 bridgehead atoms. The molecule has 0 radical (unpaired) electrons. The van der Waals surface area contributed by atoms with E-state index in [9.17, 15) is 5.26 Å². The average Bonchev–Trinajstić information content (AvgIpc) is 2.71. The second kappa shape index (κ2) is 4.17. The lowest BCUT2D eigenvalue weighted by atomic mass is 9.74. The molecular weight excluding hydrogens is 198 g/mol. The Labute approximate surface area is 96.9 Å². The SMILES string of the molecule is COc1ccccc1C1(C#N)CCCC1C. The van der Waals surface area contributed by atoms with Gasteiger partial charge in [-0.05, 0) is 24.8 Å². The predicted molar refractivity (Wildman–Crippen MR) is 63.3 cm³/mol.